The van der Waals surface area contributed by atoms with Gasteiger partial charge in [-0.2, -0.15) is 18.3 Å². The summed E-state index contributed by atoms with van der Waals surface area (Å²) in [4.78, 5) is 0. The Kier molecular flexibility index (Phi) is 4.69. The summed E-state index contributed by atoms with van der Waals surface area (Å²) in [6, 6.07) is 20.4. The molecule has 1 N–H and O–H groups in total. The molecule has 0 saturated heterocycles. The fourth-order valence-electron chi connectivity index (χ4n) is 3.24. The van der Waals surface area contributed by atoms with Gasteiger partial charge in [0.25, 0.3) is 0 Å². The van der Waals surface area contributed by atoms with Gasteiger partial charge in [-0.05, 0) is 22.9 Å². The van der Waals surface area contributed by atoms with Crippen LogP contribution in [-0.4, -0.2) is 6.21 Å². The first-order valence-electron chi connectivity index (χ1n) is 8.51. The van der Waals surface area contributed by atoms with E-state index < -0.39 is 11.7 Å². The summed E-state index contributed by atoms with van der Waals surface area (Å²) in [5, 5.41) is 8.21. The number of alkyl halides is 3. The van der Waals surface area contributed by atoms with E-state index in [9.17, 15) is 13.2 Å². The van der Waals surface area contributed by atoms with Gasteiger partial charge in [0.05, 0.1) is 22.5 Å². The zero-order valence-corrected chi connectivity index (χ0v) is 15.2. The Balaban J connectivity index is 1.81. The first kappa shape index (κ1) is 18.3. The van der Waals surface area contributed by atoms with E-state index in [1.165, 1.54) is 24.4 Å². The number of nitrogens with one attached hydrogen (secondary N) is 1. The van der Waals surface area contributed by atoms with Crippen molar-refractivity contribution in [3.8, 4) is 0 Å². The molecule has 4 aromatic rings. The lowest BCUT2D eigenvalue weighted by atomic mass is 9.97. The van der Waals surface area contributed by atoms with Crippen molar-refractivity contribution in [3.63, 3.8) is 0 Å². The Morgan fingerprint density at radius 3 is 1.82 bits per heavy atom. The fourth-order valence-corrected chi connectivity index (χ4v) is 3.57. The van der Waals surface area contributed by atoms with Gasteiger partial charge in [0.2, 0.25) is 0 Å². The van der Waals surface area contributed by atoms with Crippen molar-refractivity contribution in [1.29, 1.82) is 0 Å². The topological polar surface area (TPSA) is 24.4 Å². The molecular weight excluding hydrogens is 385 g/mol. The lowest BCUT2D eigenvalue weighted by Gasteiger charge is -2.12. The van der Waals surface area contributed by atoms with E-state index in [1.807, 2.05) is 48.5 Å². The number of rotatable bonds is 3. The number of hydrogen-bond donors (Lipinski definition) is 1. The van der Waals surface area contributed by atoms with Crippen molar-refractivity contribution in [1.82, 2.24) is 0 Å². The van der Waals surface area contributed by atoms with Crippen LogP contribution in [0.15, 0.2) is 77.9 Å². The lowest BCUT2D eigenvalue weighted by molar-refractivity contribution is -0.136. The highest BCUT2D eigenvalue weighted by Crippen LogP contribution is 2.36. The van der Waals surface area contributed by atoms with E-state index in [0.717, 1.165) is 33.2 Å². The van der Waals surface area contributed by atoms with Crippen LogP contribution >= 0.6 is 11.6 Å². The Morgan fingerprint density at radius 1 is 0.750 bits per heavy atom. The first-order chi connectivity index (χ1) is 13.5. The maximum atomic E-state index is 13.2. The third-order valence-corrected chi connectivity index (χ3v) is 4.93. The average Bonchev–Trinajstić information content (AvgIpc) is 2.70. The number of nitrogens with zero attached hydrogens (tertiary/aromatic N) is 1. The molecule has 0 bridgehead atoms. The summed E-state index contributed by atoms with van der Waals surface area (Å²) in [6.45, 7) is 0. The number of para-hydroxylation sites is 1. The Morgan fingerprint density at radius 2 is 1.25 bits per heavy atom. The second-order valence-electron chi connectivity index (χ2n) is 6.23. The van der Waals surface area contributed by atoms with E-state index >= 15 is 0 Å². The van der Waals surface area contributed by atoms with Gasteiger partial charge in [-0.3, -0.25) is 5.43 Å². The maximum Gasteiger partial charge on any atom is 0.418 e. The molecule has 0 saturated carbocycles. The van der Waals surface area contributed by atoms with Crippen molar-refractivity contribution < 1.29 is 13.2 Å². The molecule has 0 aromatic heterocycles. The molecule has 2 nitrogen and oxygen atoms in total. The molecule has 0 spiro atoms. The van der Waals surface area contributed by atoms with Gasteiger partial charge in [-0.25, -0.2) is 0 Å². The van der Waals surface area contributed by atoms with Crippen LogP contribution in [0, 0.1) is 0 Å². The SMILES string of the molecule is FC(F)(F)c1ccccc1NN=Cc1c2ccccc2c(Cl)c2ccccc12. The molecule has 0 aliphatic rings. The summed E-state index contributed by atoms with van der Waals surface area (Å²) in [6.07, 6.45) is -2.92. The average molecular weight is 399 g/mol. The molecule has 4 rings (SSSR count). The van der Waals surface area contributed by atoms with Gasteiger partial charge >= 0.3 is 6.18 Å². The van der Waals surface area contributed by atoms with Crippen LogP contribution in [0.5, 0.6) is 0 Å². The minimum Gasteiger partial charge on any atom is -0.278 e. The number of hydrogen-bond acceptors (Lipinski definition) is 2. The van der Waals surface area contributed by atoms with Gasteiger partial charge in [-0.15, -0.1) is 0 Å². The molecule has 28 heavy (non-hydrogen) atoms. The van der Waals surface area contributed by atoms with Gasteiger partial charge in [-0.1, -0.05) is 72.3 Å². The normalized spacial score (nSPS) is 12.1. The summed E-state index contributed by atoms with van der Waals surface area (Å²) >= 11 is 6.56. The smallest absolute Gasteiger partial charge is 0.278 e. The van der Waals surface area contributed by atoms with E-state index in [1.54, 1.807) is 0 Å². The van der Waals surface area contributed by atoms with Gasteiger partial charge in [0, 0.05) is 16.3 Å². The molecule has 6 heteroatoms. The van der Waals surface area contributed by atoms with Crippen LogP contribution in [0.1, 0.15) is 11.1 Å². The van der Waals surface area contributed by atoms with E-state index in [0.29, 0.717) is 5.02 Å². The second-order valence-corrected chi connectivity index (χ2v) is 6.61. The quantitative estimate of drug-likeness (QED) is 0.222. The van der Waals surface area contributed by atoms with Crippen molar-refractivity contribution in [2.75, 3.05) is 5.43 Å². The number of halogens is 4. The van der Waals surface area contributed by atoms with Gasteiger partial charge in [0.15, 0.2) is 0 Å². The number of fused-ring (bicyclic) bond motifs is 2. The zero-order valence-electron chi connectivity index (χ0n) is 14.5. The molecule has 0 amide bonds. The second kappa shape index (κ2) is 7.17. The van der Waals surface area contributed by atoms with E-state index in [4.69, 9.17) is 11.6 Å². The van der Waals surface area contributed by atoms with Crippen molar-refractivity contribution in [3.05, 3.63) is 88.9 Å². The Labute approximate surface area is 164 Å². The van der Waals surface area contributed by atoms with Crippen molar-refractivity contribution in [2.24, 2.45) is 5.10 Å². The summed E-state index contributed by atoms with van der Waals surface area (Å²) in [7, 11) is 0. The molecule has 0 aliphatic carbocycles. The van der Waals surface area contributed by atoms with Crippen LogP contribution in [0.2, 0.25) is 5.02 Å². The zero-order chi connectivity index (χ0) is 19.7. The molecule has 0 aliphatic heterocycles. The summed E-state index contributed by atoms with van der Waals surface area (Å²) in [5.74, 6) is 0. The largest absolute Gasteiger partial charge is 0.418 e. The van der Waals surface area contributed by atoms with Crippen molar-refractivity contribution in [2.45, 2.75) is 6.18 Å². The van der Waals surface area contributed by atoms with Gasteiger partial charge < -0.3 is 0 Å². The fraction of sp³-hybridized carbons (Fsp3) is 0.0455. The Hall–Kier alpha value is -3.05. The summed E-state index contributed by atoms with van der Waals surface area (Å²) < 4.78 is 39.5. The van der Waals surface area contributed by atoms with Crippen LogP contribution in [0.25, 0.3) is 21.5 Å². The Bertz CT molecular complexity index is 1140. The van der Waals surface area contributed by atoms with Crippen LogP contribution in [0.4, 0.5) is 18.9 Å². The maximum absolute atomic E-state index is 13.2. The molecular formula is C22H14ClF3N2. The highest BCUT2D eigenvalue weighted by atomic mass is 35.5. The molecule has 0 atom stereocenters. The molecule has 0 radical (unpaired) electrons. The number of benzene rings is 4. The minimum absolute atomic E-state index is 0.103. The third kappa shape index (κ3) is 3.29. The van der Waals surface area contributed by atoms with Gasteiger partial charge in [0.1, 0.15) is 0 Å². The standard InChI is InChI=1S/C22H14ClF3N2/c23-21-16-9-3-1-7-14(16)18(15-8-2-4-10-17(15)21)13-27-28-20-12-6-5-11-19(20)22(24,25)26/h1-13,28H. The van der Waals surface area contributed by atoms with Crippen LogP contribution in [-0.2, 0) is 6.18 Å². The number of anilines is 1. The summed E-state index contributed by atoms with van der Waals surface area (Å²) in [5.41, 5.74) is 2.44. The van der Waals surface area contributed by atoms with Crippen LogP contribution < -0.4 is 5.43 Å². The monoisotopic (exact) mass is 398 g/mol. The molecule has 140 valence electrons. The third-order valence-electron chi connectivity index (χ3n) is 4.52. The highest BCUT2D eigenvalue weighted by molar-refractivity contribution is 6.42. The van der Waals surface area contributed by atoms with E-state index in [2.05, 4.69) is 10.5 Å². The lowest BCUT2D eigenvalue weighted by Crippen LogP contribution is -2.08. The minimum atomic E-state index is -4.46. The molecule has 4 aromatic carbocycles. The van der Waals surface area contributed by atoms with E-state index in [-0.39, 0.29) is 5.69 Å². The van der Waals surface area contributed by atoms with Crippen molar-refractivity contribution >= 4 is 45.0 Å². The predicted molar refractivity (Wildman–Crippen MR) is 109 cm³/mol. The first-order valence-corrected chi connectivity index (χ1v) is 8.89. The van der Waals surface area contributed by atoms with Crippen LogP contribution in [0.3, 0.4) is 0 Å². The predicted octanol–water partition coefficient (Wildman–Crippen LogP) is 7.11. The molecule has 0 unspecified atom stereocenters. The highest BCUT2D eigenvalue weighted by Gasteiger charge is 2.33. The molecule has 0 heterocycles. The molecule has 0 fully saturated rings. The number of hydrazone groups is 1.